The summed E-state index contributed by atoms with van der Waals surface area (Å²) < 4.78 is 0. The minimum atomic E-state index is -1.52. The minimum absolute atomic E-state index is 0. The first-order chi connectivity index (χ1) is 10.4. The van der Waals surface area contributed by atoms with Gasteiger partial charge in [0, 0.05) is 0 Å². The Hall–Kier alpha value is -2.08. The molecule has 0 unspecified atom stereocenters. The number of aliphatic hydroxyl groups excluding tert-OH is 2. The van der Waals surface area contributed by atoms with Crippen molar-refractivity contribution >= 4 is 11.9 Å². The Morgan fingerprint density at radius 2 is 0.957 bits per heavy atom. The summed E-state index contributed by atoms with van der Waals surface area (Å²) in [6.07, 6.45) is -3.03. The maximum absolute atomic E-state index is 10.1. The summed E-state index contributed by atoms with van der Waals surface area (Å²) in [5, 5.41) is 38.1. The van der Waals surface area contributed by atoms with E-state index in [0.29, 0.717) is 11.1 Å². The molecule has 116 valence electrons. The summed E-state index contributed by atoms with van der Waals surface area (Å²) in [5.41, 5.74) is 0.681. The third-order valence-electron chi connectivity index (χ3n) is 2.68. The van der Waals surface area contributed by atoms with Crippen LogP contribution in [0.5, 0.6) is 0 Å². The number of aliphatic hydroxyl groups is 2. The molecule has 7 heteroatoms. The average molecular weight is 368 g/mol. The number of benzene rings is 2. The Labute approximate surface area is 145 Å². The van der Waals surface area contributed by atoms with E-state index in [-0.39, 0.29) is 19.5 Å². The van der Waals surface area contributed by atoms with E-state index in [1.165, 1.54) is 24.3 Å². The first-order valence-corrected chi connectivity index (χ1v) is 6.31. The summed E-state index contributed by atoms with van der Waals surface area (Å²) in [6, 6.07) is 16.2. The number of aliphatic carboxylic acids is 2. The van der Waals surface area contributed by atoms with E-state index >= 15 is 0 Å². The third-order valence-corrected chi connectivity index (χ3v) is 2.68. The zero-order valence-corrected chi connectivity index (χ0v) is 15.1. The third kappa shape index (κ3) is 7.15. The fourth-order valence-electron chi connectivity index (χ4n) is 1.54. The molecule has 0 saturated heterocycles. The zero-order valence-electron chi connectivity index (χ0n) is 12.2. The van der Waals surface area contributed by atoms with Crippen LogP contribution in [0.3, 0.4) is 0 Å². The van der Waals surface area contributed by atoms with Crippen molar-refractivity contribution in [2.75, 3.05) is 0 Å². The topological polar surface area (TPSA) is 121 Å². The largest absolute Gasteiger partial charge is 2.00 e. The maximum atomic E-state index is 10.1. The van der Waals surface area contributed by atoms with E-state index in [0.717, 1.165) is 0 Å². The molecule has 2 atom stereocenters. The van der Waals surface area contributed by atoms with Crippen LogP contribution in [0.1, 0.15) is 23.3 Å². The van der Waals surface area contributed by atoms with Crippen LogP contribution in [0, 0.1) is 0 Å². The molecule has 0 aromatic heterocycles. The maximum Gasteiger partial charge on any atom is 2.00 e. The number of carboxylic acid groups (broad SMARTS) is 2. The molecule has 2 aromatic carbocycles. The second-order valence-corrected chi connectivity index (χ2v) is 4.26. The first-order valence-electron chi connectivity index (χ1n) is 6.31. The Balaban J connectivity index is 0.000000403. The Morgan fingerprint density at radius 1 is 0.696 bits per heavy atom. The normalized spacial score (nSPS) is 11.9. The van der Waals surface area contributed by atoms with Crippen molar-refractivity contribution in [2.45, 2.75) is 12.2 Å². The van der Waals surface area contributed by atoms with Gasteiger partial charge in [0.2, 0.25) is 0 Å². The van der Waals surface area contributed by atoms with Crippen molar-refractivity contribution in [3.8, 4) is 0 Å². The van der Waals surface area contributed by atoms with Crippen molar-refractivity contribution in [1.82, 2.24) is 0 Å². The SMILES string of the molecule is O=C([O-])[C@H](O)c1ccccc1.O=C([O-])[C@H](O)c1ccccc1.[Zn+2]. The minimum Gasteiger partial charge on any atom is -0.547 e. The van der Waals surface area contributed by atoms with Gasteiger partial charge in [0.05, 0.1) is 11.9 Å². The fraction of sp³-hybridized carbons (Fsp3) is 0.125. The number of hydrogen-bond donors (Lipinski definition) is 2. The van der Waals surface area contributed by atoms with Gasteiger partial charge in [0.1, 0.15) is 12.2 Å². The van der Waals surface area contributed by atoms with Crippen molar-refractivity contribution in [3.63, 3.8) is 0 Å². The van der Waals surface area contributed by atoms with Gasteiger partial charge < -0.3 is 30.0 Å². The summed E-state index contributed by atoms with van der Waals surface area (Å²) in [6.45, 7) is 0. The molecule has 0 spiro atoms. The fourth-order valence-corrected chi connectivity index (χ4v) is 1.54. The van der Waals surface area contributed by atoms with E-state index in [9.17, 15) is 19.8 Å². The Kier molecular flexibility index (Phi) is 9.66. The summed E-state index contributed by atoms with van der Waals surface area (Å²) in [7, 11) is 0. The van der Waals surface area contributed by atoms with Gasteiger partial charge in [-0.05, 0) is 11.1 Å². The molecular weight excluding hydrogens is 354 g/mol. The predicted molar refractivity (Wildman–Crippen MR) is 72.8 cm³/mol. The molecule has 0 fully saturated rings. The Bertz CT molecular complexity index is 547. The van der Waals surface area contributed by atoms with Crippen molar-refractivity contribution in [2.24, 2.45) is 0 Å². The molecule has 0 heterocycles. The monoisotopic (exact) mass is 366 g/mol. The molecule has 0 aliphatic carbocycles. The second-order valence-electron chi connectivity index (χ2n) is 4.26. The van der Waals surface area contributed by atoms with Crippen LogP contribution in [0.4, 0.5) is 0 Å². The van der Waals surface area contributed by atoms with Crippen LogP contribution in [0.2, 0.25) is 0 Å². The molecule has 0 aliphatic rings. The predicted octanol–water partition coefficient (Wildman–Crippen LogP) is -1.06. The zero-order chi connectivity index (χ0) is 16.5. The van der Waals surface area contributed by atoms with Crippen LogP contribution in [0.25, 0.3) is 0 Å². The number of rotatable bonds is 4. The van der Waals surface area contributed by atoms with E-state index in [1.54, 1.807) is 36.4 Å². The molecule has 6 nitrogen and oxygen atoms in total. The van der Waals surface area contributed by atoms with E-state index in [1.807, 2.05) is 0 Å². The first kappa shape index (κ1) is 20.9. The summed E-state index contributed by atoms with van der Waals surface area (Å²) in [5.74, 6) is -2.95. The van der Waals surface area contributed by atoms with Gasteiger partial charge in [-0.25, -0.2) is 0 Å². The van der Waals surface area contributed by atoms with Gasteiger partial charge in [-0.15, -0.1) is 0 Å². The van der Waals surface area contributed by atoms with Gasteiger partial charge in [-0.1, -0.05) is 60.7 Å². The number of carbonyl (C=O) groups is 2. The molecule has 2 rings (SSSR count). The number of carbonyl (C=O) groups excluding carboxylic acids is 2. The molecule has 0 bridgehead atoms. The van der Waals surface area contributed by atoms with Crippen LogP contribution in [-0.2, 0) is 29.1 Å². The molecule has 2 N–H and O–H groups in total. The molecule has 0 radical (unpaired) electrons. The molecule has 0 amide bonds. The van der Waals surface area contributed by atoms with Gasteiger partial charge in [-0.3, -0.25) is 0 Å². The van der Waals surface area contributed by atoms with Gasteiger partial charge in [-0.2, -0.15) is 0 Å². The van der Waals surface area contributed by atoms with Crippen molar-refractivity contribution in [3.05, 3.63) is 71.8 Å². The molecular formula is C16H14O6Zn. The summed E-state index contributed by atoms with van der Waals surface area (Å²) >= 11 is 0. The number of hydrogen-bond acceptors (Lipinski definition) is 6. The van der Waals surface area contributed by atoms with Gasteiger partial charge >= 0.3 is 19.5 Å². The molecule has 0 saturated carbocycles. The molecule has 0 aliphatic heterocycles. The quantitative estimate of drug-likeness (QED) is 0.664. The van der Waals surface area contributed by atoms with E-state index in [2.05, 4.69) is 0 Å². The van der Waals surface area contributed by atoms with Crippen LogP contribution in [-0.4, -0.2) is 22.2 Å². The standard InChI is InChI=1S/2C8H8O3.Zn/c2*9-7(8(10)11)6-4-2-1-3-5-6;/h2*1-5,7,9H,(H,10,11);/q;;+2/p-2/t2*7-;/m11./s1. The average Bonchev–Trinajstić information content (AvgIpc) is 2.55. The van der Waals surface area contributed by atoms with Crippen LogP contribution in [0.15, 0.2) is 60.7 Å². The Morgan fingerprint density at radius 3 is 1.17 bits per heavy atom. The molecule has 23 heavy (non-hydrogen) atoms. The molecule has 2 aromatic rings. The smallest absolute Gasteiger partial charge is 0.547 e. The van der Waals surface area contributed by atoms with Crippen LogP contribution < -0.4 is 10.2 Å². The van der Waals surface area contributed by atoms with E-state index in [4.69, 9.17) is 10.2 Å². The van der Waals surface area contributed by atoms with Crippen molar-refractivity contribution < 1.29 is 49.5 Å². The van der Waals surface area contributed by atoms with Gasteiger partial charge in [0.15, 0.2) is 0 Å². The van der Waals surface area contributed by atoms with Gasteiger partial charge in [0.25, 0.3) is 0 Å². The summed E-state index contributed by atoms with van der Waals surface area (Å²) in [4.78, 5) is 20.3. The second kappa shape index (κ2) is 10.6. The van der Waals surface area contributed by atoms with Crippen molar-refractivity contribution in [1.29, 1.82) is 0 Å². The number of carboxylic acids is 2. The van der Waals surface area contributed by atoms with Crippen LogP contribution >= 0.6 is 0 Å². The van der Waals surface area contributed by atoms with E-state index < -0.39 is 24.1 Å².